The average Bonchev–Trinajstić information content (AvgIpc) is 2.83. The second-order valence-electron chi connectivity index (χ2n) is 8.65. The SMILES string of the molecule is C[C@@H](C(=O)NC1CCCCC1)N(Cc1c(Cl)cccc1Cl)C(=O)CCCSc1ccc(Cl)cc1. The van der Waals surface area contributed by atoms with E-state index in [1.807, 2.05) is 24.3 Å². The van der Waals surface area contributed by atoms with E-state index in [4.69, 9.17) is 34.8 Å². The number of hydrogen-bond acceptors (Lipinski definition) is 3. The van der Waals surface area contributed by atoms with Crippen LogP contribution in [-0.2, 0) is 16.1 Å². The lowest BCUT2D eigenvalue weighted by atomic mass is 9.95. The molecule has 3 rings (SSSR count). The van der Waals surface area contributed by atoms with E-state index in [1.54, 1.807) is 41.8 Å². The summed E-state index contributed by atoms with van der Waals surface area (Å²) < 4.78 is 0. The van der Waals surface area contributed by atoms with Gasteiger partial charge >= 0.3 is 0 Å². The molecule has 0 bridgehead atoms. The molecule has 1 fully saturated rings. The van der Waals surface area contributed by atoms with Crippen molar-refractivity contribution < 1.29 is 9.59 Å². The average molecular weight is 542 g/mol. The number of nitrogens with zero attached hydrogens (tertiary/aromatic N) is 1. The van der Waals surface area contributed by atoms with Gasteiger partial charge < -0.3 is 10.2 Å². The van der Waals surface area contributed by atoms with Gasteiger partial charge in [-0.15, -0.1) is 11.8 Å². The van der Waals surface area contributed by atoms with Gasteiger partial charge in [-0.2, -0.15) is 0 Å². The molecule has 1 N–H and O–H groups in total. The van der Waals surface area contributed by atoms with Crippen molar-refractivity contribution in [2.45, 2.75) is 75.4 Å². The number of nitrogens with one attached hydrogen (secondary N) is 1. The van der Waals surface area contributed by atoms with Crippen LogP contribution in [0.2, 0.25) is 15.1 Å². The predicted octanol–water partition coefficient (Wildman–Crippen LogP) is 7.39. The van der Waals surface area contributed by atoms with Gasteiger partial charge in [-0.25, -0.2) is 0 Å². The molecule has 0 aromatic heterocycles. The molecule has 0 saturated heterocycles. The Morgan fingerprint density at radius 2 is 1.68 bits per heavy atom. The maximum absolute atomic E-state index is 13.3. The predicted molar refractivity (Wildman–Crippen MR) is 143 cm³/mol. The van der Waals surface area contributed by atoms with Crippen molar-refractivity contribution in [3.05, 3.63) is 63.1 Å². The van der Waals surface area contributed by atoms with Crippen molar-refractivity contribution in [3.63, 3.8) is 0 Å². The summed E-state index contributed by atoms with van der Waals surface area (Å²) >= 11 is 20.4. The van der Waals surface area contributed by atoms with Gasteiger partial charge in [-0.3, -0.25) is 9.59 Å². The first-order valence-electron chi connectivity index (χ1n) is 11.8. The minimum absolute atomic E-state index is 0.0843. The lowest BCUT2D eigenvalue weighted by Crippen LogP contribution is -2.50. The minimum Gasteiger partial charge on any atom is -0.352 e. The Bertz CT molecular complexity index is 945. The molecule has 0 aliphatic heterocycles. The van der Waals surface area contributed by atoms with Crippen LogP contribution in [0.25, 0.3) is 0 Å². The Kier molecular flexibility index (Phi) is 10.9. The van der Waals surface area contributed by atoms with Crippen LogP contribution in [0.15, 0.2) is 47.4 Å². The highest BCUT2D eigenvalue weighted by atomic mass is 35.5. The van der Waals surface area contributed by atoms with Crippen LogP contribution in [0.4, 0.5) is 0 Å². The zero-order valence-corrected chi connectivity index (χ0v) is 22.5. The maximum atomic E-state index is 13.3. The first-order valence-corrected chi connectivity index (χ1v) is 13.9. The van der Waals surface area contributed by atoms with E-state index in [9.17, 15) is 9.59 Å². The quantitative estimate of drug-likeness (QED) is 0.252. The Labute approximate surface area is 221 Å². The summed E-state index contributed by atoms with van der Waals surface area (Å²) in [5, 5.41) is 4.83. The molecule has 0 radical (unpaired) electrons. The number of carbonyl (C=O) groups is 2. The third-order valence-electron chi connectivity index (χ3n) is 6.13. The van der Waals surface area contributed by atoms with Crippen molar-refractivity contribution in [1.82, 2.24) is 10.2 Å². The summed E-state index contributed by atoms with van der Waals surface area (Å²) in [6.45, 7) is 1.98. The highest BCUT2D eigenvalue weighted by Gasteiger charge is 2.28. The molecular weight excluding hydrogens is 511 g/mol. The number of benzene rings is 2. The highest BCUT2D eigenvalue weighted by molar-refractivity contribution is 7.99. The molecule has 2 amide bonds. The highest BCUT2D eigenvalue weighted by Crippen LogP contribution is 2.28. The van der Waals surface area contributed by atoms with Gasteiger partial charge in [0.05, 0.1) is 0 Å². The number of thioether (sulfide) groups is 1. The van der Waals surface area contributed by atoms with E-state index < -0.39 is 6.04 Å². The second-order valence-corrected chi connectivity index (χ2v) is 11.1. The molecule has 2 aromatic rings. The molecular formula is C26H31Cl3N2O2S. The van der Waals surface area contributed by atoms with Gasteiger partial charge in [0.1, 0.15) is 6.04 Å². The minimum atomic E-state index is -0.620. The standard InChI is InChI=1S/C26H31Cl3N2O2S/c1-18(26(33)30-20-7-3-2-4-8-20)31(17-22-23(28)9-5-10-24(22)29)25(32)11-6-16-34-21-14-12-19(27)13-15-21/h5,9-10,12-15,18,20H,2-4,6-8,11,16-17H2,1H3,(H,30,33)/t18-/m0/s1. The molecule has 1 aliphatic carbocycles. The molecule has 34 heavy (non-hydrogen) atoms. The Balaban J connectivity index is 1.64. The van der Waals surface area contributed by atoms with Gasteiger partial charge in [-0.05, 0) is 68.3 Å². The smallest absolute Gasteiger partial charge is 0.242 e. The van der Waals surface area contributed by atoms with Gasteiger partial charge in [0.15, 0.2) is 0 Å². The van der Waals surface area contributed by atoms with Gasteiger partial charge in [0.2, 0.25) is 11.8 Å². The summed E-state index contributed by atoms with van der Waals surface area (Å²) in [7, 11) is 0. The van der Waals surface area contributed by atoms with E-state index >= 15 is 0 Å². The fourth-order valence-electron chi connectivity index (χ4n) is 4.09. The first kappa shape index (κ1) is 27.2. The van der Waals surface area contributed by atoms with Crippen LogP contribution in [0.3, 0.4) is 0 Å². The summed E-state index contributed by atoms with van der Waals surface area (Å²) in [4.78, 5) is 29.1. The lowest BCUT2D eigenvalue weighted by Gasteiger charge is -2.31. The maximum Gasteiger partial charge on any atom is 0.242 e. The first-order chi connectivity index (χ1) is 16.3. The molecule has 1 aliphatic rings. The third-order valence-corrected chi connectivity index (χ3v) is 8.18. The van der Waals surface area contributed by atoms with Crippen LogP contribution in [0.5, 0.6) is 0 Å². The number of amides is 2. The monoisotopic (exact) mass is 540 g/mol. The van der Waals surface area contributed by atoms with Crippen LogP contribution < -0.4 is 5.32 Å². The molecule has 0 unspecified atom stereocenters. The molecule has 1 saturated carbocycles. The van der Waals surface area contributed by atoms with Crippen LogP contribution >= 0.6 is 46.6 Å². The molecule has 2 aromatic carbocycles. The second kappa shape index (κ2) is 13.6. The molecule has 0 heterocycles. The lowest BCUT2D eigenvalue weighted by molar-refractivity contribution is -0.141. The summed E-state index contributed by atoms with van der Waals surface area (Å²) in [6.07, 6.45) is 6.48. The number of halogens is 3. The Morgan fingerprint density at radius 1 is 1.03 bits per heavy atom. The number of hydrogen-bond donors (Lipinski definition) is 1. The van der Waals surface area contributed by atoms with E-state index in [-0.39, 0.29) is 24.4 Å². The fraction of sp³-hybridized carbons (Fsp3) is 0.462. The fourth-order valence-corrected chi connectivity index (χ4v) is 5.59. The number of rotatable bonds is 10. The topological polar surface area (TPSA) is 49.4 Å². The van der Waals surface area contributed by atoms with Crippen molar-refractivity contribution in [1.29, 1.82) is 0 Å². The Morgan fingerprint density at radius 3 is 2.32 bits per heavy atom. The van der Waals surface area contributed by atoms with Crippen molar-refractivity contribution >= 4 is 58.4 Å². The summed E-state index contributed by atoms with van der Waals surface area (Å²) in [6, 6.07) is 12.5. The zero-order valence-electron chi connectivity index (χ0n) is 19.4. The Hall–Kier alpha value is -1.40. The van der Waals surface area contributed by atoms with E-state index in [0.717, 1.165) is 36.3 Å². The molecule has 8 heteroatoms. The molecule has 1 atom stereocenters. The molecule has 4 nitrogen and oxygen atoms in total. The van der Waals surface area contributed by atoms with E-state index in [1.165, 1.54) is 6.42 Å². The summed E-state index contributed by atoms with van der Waals surface area (Å²) in [5.41, 5.74) is 0.659. The van der Waals surface area contributed by atoms with Crippen molar-refractivity contribution in [3.8, 4) is 0 Å². The van der Waals surface area contributed by atoms with Crippen LogP contribution in [0.1, 0.15) is 57.4 Å². The molecule has 184 valence electrons. The van der Waals surface area contributed by atoms with Crippen molar-refractivity contribution in [2.24, 2.45) is 0 Å². The summed E-state index contributed by atoms with van der Waals surface area (Å²) in [5.74, 6) is 0.578. The van der Waals surface area contributed by atoms with Gasteiger partial charge in [0.25, 0.3) is 0 Å². The normalized spacial score (nSPS) is 15.1. The number of carbonyl (C=O) groups excluding carboxylic acids is 2. The molecule has 0 spiro atoms. The van der Waals surface area contributed by atoms with Crippen molar-refractivity contribution in [2.75, 3.05) is 5.75 Å². The third kappa shape index (κ3) is 8.08. The van der Waals surface area contributed by atoms with Gasteiger partial charge in [0, 0.05) is 44.5 Å². The zero-order chi connectivity index (χ0) is 24.5. The van der Waals surface area contributed by atoms with Gasteiger partial charge in [-0.1, -0.05) is 60.1 Å². The van der Waals surface area contributed by atoms with E-state index in [0.29, 0.717) is 33.5 Å². The van der Waals surface area contributed by atoms with Crippen LogP contribution in [0, 0.1) is 0 Å². The van der Waals surface area contributed by atoms with Crippen LogP contribution in [-0.4, -0.2) is 34.6 Å². The van der Waals surface area contributed by atoms with E-state index in [2.05, 4.69) is 5.32 Å². The largest absolute Gasteiger partial charge is 0.352 e.